The van der Waals surface area contributed by atoms with Crippen LogP contribution in [0, 0.1) is 6.92 Å². The summed E-state index contributed by atoms with van der Waals surface area (Å²) in [5.41, 5.74) is 6.09. The van der Waals surface area contributed by atoms with E-state index < -0.39 is 0 Å². The molecule has 0 heterocycles. The Morgan fingerprint density at radius 2 is 1.56 bits per heavy atom. The highest BCUT2D eigenvalue weighted by Gasteiger charge is 2.26. The highest BCUT2D eigenvalue weighted by molar-refractivity contribution is 6.19. The molecule has 0 N–H and O–H groups in total. The Labute approximate surface area is 107 Å². The lowest BCUT2D eigenvalue weighted by atomic mass is 9.79. The minimum Gasteiger partial charge on any atom is -0.289 e. The van der Waals surface area contributed by atoms with E-state index >= 15 is 0 Å². The summed E-state index contributed by atoms with van der Waals surface area (Å²) in [5, 5.41) is 0. The normalized spacial score (nSPS) is 15.4. The number of allylic oxidation sites excluding steroid dienone is 1. The second kappa shape index (κ2) is 3.95. The molecule has 0 fully saturated rings. The third-order valence-electron chi connectivity index (χ3n) is 3.54. The first-order chi connectivity index (χ1) is 8.74. The summed E-state index contributed by atoms with van der Waals surface area (Å²) in [6.45, 7) is 4.08. The predicted octanol–water partition coefficient (Wildman–Crippen LogP) is 3.99. The van der Waals surface area contributed by atoms with Gasteiger partial charge in [0.2, 0.25) is 0 Å². The number of hydrogen-bond donors (Lipinski definition) is 0. The number of carbonyl (C=O) groups excluding carboxylic acids is 1. The van der Waals surface area contributed by atoms with E-state index in [2.05, 4.69) is 19.1 Å². The van der Waals surface area contributed by atoms with Gasteiger partial charge in [-0.1, -0.05) is 48.5 Å². The highest BCUT2D eigenvalue weighted by Crippen LogP contribution is 2.37. The van der Waals surface area contributed by atoms with Gasteiger partial charge in [0.05, 0.1) is 0 Å². The molecule has 0 spiro atoms. The quantitative estimate of drug-likeness (QED) is 0.574. The zero-order valence-corrected chi connectivity index (χ0v) is 10.5. The number of carbonyl (C=O) groups is 1. The van der Waals surface area contributed by atoms with Crippen LogP contribution in [0.25, 0.3) is 5.57 Å². The van der Waals surface area contributed by atoms with Gasteiger partial charge in [-0.05, 0) is 36.1 Å². The van der Waals surface area contributed by atoms with E-state index in [9.17, 15) is 4.79 Å². The summed E-state index contributed by atoms with van der Waals surface area (Å²) >= 11 is 0. The molecule has 0 saturated carbocycles. The van der Waals surface area contributed by atoms with E-state index in [4.69, 9.17) is 0 Å². The molecule has 18 heavy (non-hydrogen) atoms. The zero-order valence-electron chi connectivity index (χ0n) is 10.5. The number of benzene rings is 2. The first kappa shape index (κ1) is 11.0. The molecule has 0 saturated heterocycles. The Hall–Kier alpha value is -2.15. The van der Waals surface area contributed by atoms with Crippen molar-refractivity contribution in [1.82, 2.24) is 0 Å². The molecule has 0 aromatic heterocycles. The number of rotatable bonds is 0. The third-order valence-corrected chi connectivity index (χ3v) is 3.54. The largest absolute Gasteiger partial charge is 0.289 e. The lowest BCUT2D eigenvalue weighted by molar-refractivity contribution is 0.103. The minimum atomic E-state index is 0.134. The van der Waals surface area contributed by atoms with Crippen molar-refractivity contribution in [2.75, 3.05) is 0 Å². The molecule has 0 unspecified atom stereocenters. The Balaban J connectivity index is 2.41. The van der Waals surface area contributed by atoms with E-state index in [0.717, 1.165) is 27.8 Å². The monoisotopic (exact) mass is 234 g/mol. The molecule has 0 bridgehead atoms. The van der Waals surface area contributed by atoms with E-state index in [-0.39, 0.29) is 5.78 Å². The van der Waals surface area contributed by atoms with E-state index in [1.807, 2.05) is 43.3 Å². The van der Waals surface area contributed by atoms with Crippen molar-refractivity contribution in [3.63, 3.8) is 0 Å². The van der Waals surface area contributed by atoms with E-state index in [1.165, 1.54) is 5.57 Å². The van der Waals surface area contributed by atoms with Gasteiger partial charge in [0.1, 0.15) is 0 Å². The number of hydrogen-bond acceptors (Lipinski definition) is 1. The van der Waals surface area contributed by atoms with Crippen molar-refractivity contribution in [2.45, 2.75) is 13.8 Å². The Morgan fingerprint density at radius 1 is 0.889 bits per heavy atom. The van der Waals surface area contributed by atoms with Crippen LogP contribution in [0.3, 0.4) is 0 Å². The average molecular weight is 234 g/mol. The van der Waals surface area contributed by atoms with Crippen LogP contribution in [-0.4, -0.2) is 5.78 Å². The van der Waals surface area contributed by atoms with Crippen LogP contribution >= 0.6 is 0 Å². The van der Waals surface area contributed by atoms with Crippen LogP contribution < -0.4 is 0 Å². The molecule has 0 radical (unpaired) electrons. The molecule has 1 nitrogen and oxygen atoms in total. The van der Waals surface area contributed by atoms with Crippen LogP contribution in [0.4, 0.5) is 0 Å². The fraction of sp³-hybridized carbons (Fsp3) is 0.118. The summed E-state index contributed by atoms with van der Waals surface area (Å²) in [6.07, 6.45) is 2.09. The molecule has 2 aromatic carbocycles. The molecule has 0 atom stereocenters. The van der Waals surface area contributed by atoms with Crippen molar-refractivity contribution in [3.8, 4) is 0 Å². The van der Waals surface area contributed by atoms with Crippen molar-refractivity contribution in [1.29, 1.82) is 0 Å². The molecule has 0 aliphatic heterocycles. The van der Waals surface area contributed by atoms with Gasteiger partial charge in [0, 0.05) is 11.1 Å². The molecule has 1 aliphatic rings. The maximum atomic E-state index is 12.5. The number of aryl methyl sites for hydroxylation is 1. The second-order valence-electron chi connectivity index (χ2n) is 4.57. The molecule has 88 valence electrons. The van der Waals surface area contributed by atoms with Crippen LogP contribution in [-0.2, 0) is 0 Å². The average Bonchev–Trinajstić information content (AvgIpc) is 2.41. The lowest BCUT2D eigenvalue weighted by Crippen LogP contribution is -2.15. The predicted molar refractivity (Wildman–Crippen MR) is 73.8 cm³/mol. The zero-order chi connectivity index (χ0) is 12.7. The first-order valence-corrected chi connectivity index (χ1v) is 6.14. The van der Waals surface area contributed by atoms with Crippen molar-refractivity contribution >= 4 is 11.4 Å². The summed E-state index contributed by atoms with van der Waals surface area (Å²) in [4.78, 5) is 12.5. The van der Waals surface area contributed by atoms with Crippen molar-refractivity contribution < 1.29 is 4.79 Å². The standard InChI is InChI=1S/C17H14O/c1-3-12-13-8-4-5-9-14(13)17(18)15-10-6-7-11(2)16(12)15/h3-10H,1-2H3/b12-3-. The van der Waals surface area contributed by atoms with Gasteiger partial charge in [-0.25, -0.2) is 0 Å². The van der Waals surface area contributed by atoms with Gasteiger partial charge >= 0.3 is 0 Å². The second-order valence-corrected chi connectivity index (χ2v) is 4.57. The smallest absolute Gasteiger partial charge is 0.194 e. The first-order valence-electron chi connectivity index (χ1n) is 6.14. The summed E-state index contributed by atoms with van der Waals surface area (Å²) in [5.74, 6) is 0.134. The van der Waals surface area contributed by atoms with Gasteiger partial charge in [-0.3, -0.25) is 4.79 Å². The van der Waals surface area contributed by atoms with Gasteiger partial charge < -0.3 is 0 Å². The summed E-state index contributed by atoms with van der Waals surface area (Å²) in [7, 11) is 0. The van der Waals surface area contributed by atoms with Crippen LogP contribution in [0.2, 0.25) is 0 Å². The van der Waals surface area contributed by atoms with Gasteiger partial charge in [-0.2, -0.15) is 0 Å². The van der Waals surface area contributed by atoms with Crippen molar-refractivity contribution in [3.05, 3.63) is 76.4 Å². The van der Waals surface area contributed by atoms with Crippen LogP contribution in [0.1, 0.15) is 39.5 Å². The minimum absolute atomic E-state index is 0.134. The van der Waals surface area contributed by atoms with Crippen LogP contribution in [0.5, 0.6) is 0 Å². The molecular formula is C17H14O. The summed E-state index contributed by atoms with van der Waals surface area (Å²) < 4.78 is 0. The molecular weight excluding hydrogens is 220 g/mol. The van der Waals surface area contributed by atoms with Crippen LogP contribution in [0.15, 0.2) is 48.5 Å². The topological polar surface area (TPSA) is 17.1 Å². The van der Waals surface area contributed by atoms with Gasteiger partial charge in [0.15, 0.2) is 5.78 Å². The number of fused-ring (bicyclic) bond motifs is 2. The molecule has 1 heteroatoms. The van der Waals surface area contributed by atoms with Crippen molar-refractivity contribution in [2.24, 2.45) is 0 Å². The van der Waals surface area contributed by atoms with E-state index in [1.54, 1.807) is 0 Å². The molecule has 3 rings (SSSR count). The summed E-state index contributed by atoms with van der Waals surface area (Å²) in [6, 6.07) is 13.8. The Bertz CT molecular complexity index is 678. The lowest BCUT2D eigenvalue weighted by Gasteiger charge is -2.23. The Morgan fingerprint density at radius 3 is 2.28 bits per heavy atom. The maximum absolute atomic E-state index is 12.5. The molecule has 2 aromatic rings. The fourth-order valence-corrected chi connectivity index (χ4v) is 2.71. The van der Waals surface area contributed by atoms with Gasteiger partial charge in [0.25, 0.3) is 0 Å². The third kappa shape index (κ3) is 1.37. The highest BCUT2D eigenvalue weighted by atomic mass is 16.1. The van der Waals surface area contributed by atoms with Gasteiger partial charge in [-0.15, -0.1) is 0 Å². The SMILES string of the molecule is C/C=C1/c2ccccc2C(=O)c2cccc(C)c21. The van der Waals surface area contributed by atoms with E-state index in [0.29, 0.717) is 0 Å². The molecule has 0 amide bonds. The fourth-order valence-electron chi connectivity index (χ4n) is 2.71. The Kier molecular flexibility index (Phi) is 2.41. The molecule has 1 aliphatic carbocycles. The maximum Gasteiger partial charge on any atom is 0.194 e. The number of ketones is 1.